The molecule has 1 heterocycles. The van der Waals surface area contributed by atoms with Gasteiger partial charge in [-0.1, -0.05) is 12.1 Å². The highest BCUT2D eigenvalue weighted by atomic mass is 14.8. The van der Waals surface area contributed by atoms with E-state index in [2.05, 4.69) is 11.6 Å². The van der Waals surface area contributed by atoms with Gasteiger partial charge in [0.15, 0.2) is 0 Å². The number of nitrogens with two attached hydrogens (primary N) is 2. The quantitative estimate of drug-likeness (QED) is 0.688. The standard InChI is InChI=1S/C10H15N3/c1-3-4-9(11)8-5-6-10(12)13-7(8)2/h3,5-6,9H,1,4,11H2,2H3,(H2,12,13)/t9-/m1/s1. The van der Waals surface area contributed by atoms with Crippen LogP contribution in [0.15, 0.2) is 24.8 Å². The summed E-state index contributed by atoms with van der Waals surface area (Å²) in [6.07, 6.45) is 2.56. The fourth-order valence-electron chi connectivity index (χ4n) is 1.29. The average Bonchev–Trinajstić information content (AvgIpc) is 2.04. The lowest BCUT2D eigenvalue weighted by atomic mass is 10.0. The van der Waals surface area contributed by atoms with E-state index in [1.165, 1.54) is 0 Å². The van der Waals surface area contributed by atoms with Crippen LogP contribution in [0.25, 0.3) is 0 Å². The number of anilines is 1. The van der Waals surface area contributed by atoms with Crippen LogP contribution in [0, 0.1) is 6.92 Å². The Balaban J connectivity index is 2.94. The van der Waals surface area contributed by atoms with E-state index in [4.69, 9.17) is 11.5 Å². The summed E-state index contributed by atoms with van der Waals surface area (Å²) in [6.45, 7) is 5.56. The number of rotatable bonds is 3. The second-order valence-corrected chi connectivity index (χ2v) is 3.04. The molecule has 0 amide bonds. The molecule has 13 heavy (non-hydrogen) atoms. The fraction of sp³-hybridized carbons (Fsp3) is 0.300. The molecule has 0 saturated carbocycles. The van der Waals surface area contributed by atoms with Crippen LogP contribution in [0.1, 0.15) is 23.7 Å². The molecule has 0 bridgehead atoms. The molecule has 0 aliphatic carbocycles. The maximum Gasteiger partial charge on any atom is 0.123 e. The fourth-order valence-corrected chi connectivity index (χ4v) is 1.29. The minimum absolute atomic E-state index is 0.0226. The minimum atomic E-state index is -0.0226. The number of nitrogen functional groups attached to an aromatic ring is 1. The van der Waals surface area contributed by atoms with Gasteiger partial charge in [0.25, 0.3) is 0 Å². The Morgan fingerprint density at radius 1 is 1.62 bits per heavy atom. The second-order valence-electron chi connectivity index (χ2n) is 3.04. The number of hydrogen-bond donors (Lipinski definition) is 2. The predicted octanol–water partition coefficient (Wildman–Crippen LogP) is 1.55. The van der Waals surface area contributed by atoms with Gasteiger partial charge in [0.1, 0.15) is 5.82 Å². The van der Waals surface area contributed by atoms with Crippen molar-refractivity contribution in [2.75, 3.05) is 5.73 Å². The molecule has 0 aliphatic rings. The Hall–Kier alpha value is -1.35. The number of aromatic nitrogens is 1. The molecule has 0 radical (unpaired) electrons. The highest BCUT2D eigenvalue weighted by Crippen LogP contribution is 2.18. The van der Waals surface area contributed by atoms with E-state index in [0.717, 1.165) is 17.7 Å². The van der Waals surface area contributed by atoms with Crippen molar-refractivity contribution in [1.29, 1.82) is 0 Å². The van der Waals surface area contributed by atoms with Crippen LogP contribution in [0.2, 0.25) is 0 Å². The molecule has 1 rings (SSSR count). The summed E-state index contributed by atoms with van der Waals surface area (Å²) >= 11 is 0. The van der Waals surface area contributed by atoms with Gasteiger partial charge in [-0.25, -0.2) is 4.98 Å². The zero-order chi connectivity index (χ0) is 9.84. The maximum absolute atomic E-state index is 5.90. The van der Waals surface area contributed by atoms with E-state index < -0.39 is 0 Å². The molecule has 0 fully saturated rings. The van der Waals surface area contributed by atoms with Crippen molar-refractivity contribution in [3.63, 3.8) is 0 Å². The Morgan fingerprint density at radius 3 is 2.85 bits per heavy atom. The number of aryl methyl sites for hydroxylation is 1. The van der Waals surface area contributed by atoms with E-state index in [9.17, 15) is 0 Å². The van der Waals surface area contributed by atoms with Crippen molar-refractivity contribution in [3.05, 3.63) is 36.0 Å². The summed E-state index contributed by atoms with van der Waals surface area (Å²) in [5.41, 5.74) is 13.4. The maximum atomic E-state index is 5.90. The number of nitrogens with zero attached hydrogens (tertiary/aromatic N) is 1. The van der Waals surface area contributed by atoms with Gasteiger partial charge in [0.2, 0.25) is 0 Å². The van der Waals surface area contributed by atoms with Crippen molar-refractivity contribution < 1.29 is 0 Å². The van der Waals surface area contributed by atoms with Gasteiger partial charge in [-0.15, -0.1) is 6.58 Å². The van der Waals surface area contributed by atoms with Gasteiger partial charge in [-0.05, 0) is 25.0 Å². The molecule has 0 spiro atoms. The van der Waals surface area contributed by atoms with E-state index in [-0.39, 0.29) is 6.04 Å². The predicted molar refractivity (Wildman–Crippen MR) is 55.1 cm³/mol. The molecule has 0 aromatic carbocycles. The summed E-state index contributed by atoms with van der Waals surface area (Å²) < 4.78 is 0. The minimum Gasteiger partial charge on any atom is -0.384 e. The Bertz CT molecular complexity index is 307. The largest absolute Gasteiger partial charge is 0.384 e. The molecule has 1 aromatic rings. The summed E-state index contributed by atoms with van der Waals surface area (Å²) in [5, 5.41) is 0. The van der Waals surface area contributed by atoms with E-state index in [1.54, 1.807) is 12.1 Å². The summed E-state index contributed by atoms with van der Waals surface area (Å²) in [5.74, 6) is 0.534. The molecule has 1 aromatic heterocycles. The van der Waals surface area contributed by atoms with Crippen LogP contribution in [0.4, 0.5) is 5.82 Å². The average molecular weight is 177 g/mol. The Kier molecular flexibility index (Phi) is 3.03. The molecule has 0 aliphatic heterocycles. The third-order valence-electron chi connectivity index (χ3n) is 1.97. The lowest BCUT2D eigenvalue weighted by molar-refractivity contribution is 0.730. The van der Waals surface area contributed by atoms with Crippen molar-refractivity contribution in [3.8, 4) is 0 Å². The Labute approximate surface area is 78.5 Å². The topological polar surface area (TPSA) is 64.9 Å². The molecule has 0 unspecified atom stereocenters. The highest BCUT2D eigenvalue weighted by molar-refractivity contribution is 5.35. The molecule has 0 saturated heterocycles. The first-order valence-corrected chi connectivity index (χ1v) is 4.24. The first-order valence-electron chi connectivity index (χ1n) is 4.24. The van der Waals surface area contributed by atoms with Crippen LogP contribution in [0.5, 0.6) is 0 Å². The third-order valence-corrected chi connectivity index (χ3v) is 1.97. The van der Waals surface area contributed by atoms with Gasteiger partial charge < -0.3 is 11.5 Å². The third kappa shape index (κ3) is 2.29. The van der Waals surface area contributed by atoms with Crippen LogP contribution in [0.3, 0.4) is 0 Å². The molecule has 4 N–H and O–H groups in total. The van der Waals surface area contributed by atoms with E-state index in [0.29, 0.717) is 5.82 Å². The van der Waals surface area contributed by atoms with Crippen LogP contribution >= 0.6 is 0 Å². The summed E-state index contributed by atoms with van der Waals surface area (Å²) in [6, 6.07) is 3.67. The summed E-state index contributed by atoms with van der Waals surface area (Å²) in [7, 11) is 0. The highest BCUT2D eigenvalue weighted by Gasteiger charge is 2.07. The van der Waals surface area contributed by atoms with Crippen molar-refractivity contribution in [2.24, 2.45) is 5.73 Å². The van der Waals surface area contributed by atoms with Gasteiger partial charge in [-0.3, -0.25) is 0 Å². The van der Waals surface area contributed by atoms with Crippen molar-refractivity contribution >= 4 is 5.82 Å². The van der Waals surface area contributed by atoms with Gasteiger partial charge in [-0.2, -0.15) is 0 Å². The first kappa shape index (κ1) is 9.74. The molecule has 70 valence electrons. The molecule has 3 heteroatoms. The molecular formula is C10H15N3. The van der Waals surface area contributed by atoms with Gasteiger partial charge in [0.05, 0.1) is 0 Å². The SMILES string of the molecule is C=CC[C@@H](N)c1ccc(N)nc1C. The first-order chi connectivity index (χ1) is 6.15. The van der Waals surface area contributed by atoms with Crippen molar-refractivity contribution in [1.82, 2.24) is 4.98 Å². The molecular weight excluding hydrogens is 162 g/mol. The van der Waals surface area contributed by atoms with Gasteiger partial charge >= 0.3 is 0 Å². The monoisotopic (exact) mass is 177 g/mol. The zero-order valence-corrected chi connectivity index (χ0v) is 7.83. The van der Waals surface area contributed by atoms with E-state index >= 15 is 0 Å². The van der Waals surface area contributed by atoms with Crippen LogP contribution in [-0.2, 0) is 0 Å². The van der Waals surface area contributed by atoms with Crippen LogP contribution in [-0.4, -0.2) is 4.98 Å². The zero-order valence-electron chi connectivity index (χ0n) is 7.83. The summed E-state index contributed by atoms with van der Waals surface area (Å²) in [4.78, 5) is 4.14. The smallest absolute Gasteiger partial charge is 0.123 e. The van der Waals surface area contributed by atoms with Crippen LogP contribution < -0.4 is 11.5 Å². The second kappa shape index (κ2) is 4.05. The van der Waals surface area contributed by atoms with Crippen molar-refractivity contribution in [2.45, 2.75) is 19.4 Å². The molecule has 3 nitrogen and oxygen atoms in total. The normalized spacial score (nSPS) is 12.5. The lowest BCUT2D eigenvalue weighted by Crippen LogP contribution is -2.11. The number of hydrogen-bond acceptors (Lipinski definition) is 3. The number of pyridine rings is 1. The Morgan fingerprint density at radius 2 is 2.31 bits per heavy atom. The lowest BCUT2D eigenvalue weighted by Gasteiger charge is -2.11. The van der Waals surface area contributed by atoms with E-state index in [1.807, 2.05) is 13.0 Å². The van der Waals surface area contributed by atoms with Gasteiger partial charge in [0, 0.05) is 11.7 Å². The molecule has 1 atom stereocenters.